The Morgan fingerprint density at radius 1 is 1.29 bits per heavy atom. The predicted molar refractivity (Wildman–Crippen MR) is 81.5 cm³/mol. The van der Waals surface area contributed by atoms with Crippen LogP contribution in [0.25, 0.3) is 0 Å². The van der Waals surface area contributed by atoms with E-state index in [-0.39, 0.29) is 23.8 Å². The number of hydrogen-bond donors (Lipinski definition) is 2. The molecule has 6 heteroatoms. The lowest BCUT2D eigenvalue weighted by Gasteiger charge is -2.11. The Bertz CT molecular complexity index is 701. The summed E-state index contributed by atoms with van der Waals surface area (Å²) >= 11 is 6.04. The molecule has 1 aromatic carbocycles. The third-order valence-corrected chi connectivity index (χ3v) is 3.19. The first-order chi connectivity index (χ1) is 10.0. The van der Waals surface area contributed by atoms with Crippen LogP contribution >= 0.6 is 11.6 Å². The van der Waals surface area contributed by atoms with E-state index in [0.29, 0.717) is 22.0 Å². The number of aromatic nitrogens is 1. The van der Waals surface area contributed by atoms with Crippen LogP contribution < -0.4 is 11.1 Å². The van der Waals surface area contributed by atoms with Gasteiger partial charge in [-0.1, -0.05) is 23.7 Å². The van der Waals surface area contributed by atoms with Crippen molar-refractivity contribution in [3.05, 3.63) is 58.4 Å². The number of nitrogens with zero attached hydrogens (tertiary/aromatic N) is 1. The lowest BCUT2D eigenvalue weighted by atomic mass is 10.0. The molecule has 3 N–H and O–H groups in total. The van der Waals surface area contributed by atoms with Crippen molar-refractivity contribution in [1.82, 2.24) is 4.98 Å². The van der Waals surface area contributed by atoms with Crippen molar-refractivity contribution in [2.24, 2.45) is 5.73 Å². The summed E-state index contributed by atoms with van der Waals surface area (Å²) in [5.74, 6) is -0.686. The smallest absolute Gasteiger partial charge is 0.238 e. The molecule has 0 atom stereocenters. The first-order valence-electron chi connectivity index (χ1n) is 6.28. The molecule has 0 saturated carbocycles. The van der Waals surface area contributed by atoms with E-state index >= 15 is 0 Å². The van der Waals surface area contributed by atoms with Crippen LogP contribution in [0, 0.1) is 6.92 Å². The van der Waals surface area contributed by atoms with Gasteiger partial charge in [0, 0.05) is 17.5 Å². The number of halogens is 1. The molecule has 0 spiro atoms. The number of pyridine rings is 1. The topological polar surface area (TPSA) is 85.1 Å². The molecule has 21 heavy (non-hydrogen) atoms. The second-order valence-electron chi connectivity index (χ2n) is 4.43. The zero-order valence-electron chi connectivity index (χ0n) is 11.4. The molecule has 0 aliphatic heterocycles. The number of amides is 1. The predicted octanol–water partition coefficient (Wildman–Crippen LogP) is 2.17. The fraction of sp³-hybridized carbons (Fsp3) is 0.133. The first-order valence-corrected chi connectivity index (χ1v) is 6.66. The summed E-state index contributed by atoms with van der Waals surface area (Å²) in [5, 5.41) is 2.95. The maximum atomic E-state index is 12.6. The molecule has 1 amide bonds. The van der Waals surface area contributed by atoms with E-state index < -0.39 is 0 Å². The average molecular weight is 304 g/mol. The third kappa shape index (κ3) is 3.45. The van der Waals surface area contributed by atoms with Crippen molar-refractivity contribution >= 4 is 29.0 Å². The van der Waals surface area contributed by atoms with Gasteiger partial charge >= 0.3 is 0 Å². The molecule has 0 saturated heterocycles. The molecular formula is C15H14ClN3O2. The summed E-state index contributed by atoms with van der Waals surface area (Å²) in [6, 6.07) is 8.34. The van der Waals surface area contributed by atoms with E-state index in [9.17, 15) is 9.59 Å². The van der Waals surface area contributed by atoms with Gasteiger partial charge in [-0.3, -0.25) is 14.6 Å². The van der Waals surface area contributed by atoms with Gasteiger partial charge in [0.25, 0.3) is 0 Å². The SMILES string of the molecule is Cc1cc(NC(=O)CN)c(C(=O)c2ccccc2Cl)cn1. The van der Waals surface area contributed by atoms with Crippen LogP contribution in [0.3, 0.4) is 0 Å². The highest BCUT2D eigenvalue weighted by molar-refractivity contribution is 6.35. The Balaban J connectivity index is 2.46. The maximum absolute atomic E-state index is 12.6. The fourth-order valence-electron chi connectivity index (χ4n) is 1.84. The number of carbonyl (C=O) groups excluding carboxylic acids is 2. The van der Waals surface area contributed by atoms with Crippen molar-refractivity contribution in [2.75, 3.05) is 11.9 Å². The first kappa shape index (κ1) is 15.2. The van der Waals surface area contributed by atoms with Crippen LogP contribution in [0.4, 0.5) is 5.69 Å². The summed E-state index contributed by atoms with van der Waals surface area (Å²) in [6.45, 7) is 1.60. The number of nitrogens with one attached hydrogen (secondary N) is 1. The number of hydrogen-bond acceptors (Lipinski definition) is 4. The van der Waals surface area contributed by atoms with Crippen molar-refractivity contribution in [3.63, 3.8) is 0 Å². The van der Waals surface area contributed by atoms with Gasteiger partial charge in [0.05, 0.1) is 22.8 Å². The molecule has 0 fully saturated rings. The molecule has 0 bridgehead atoms. The van der Waals surface area contributed by atoms with Gasteiger partial charge < -0.3 is 11.1 Å². The molecule has 2 aromatic rings. The molecule has 0 unspecified atom stereocenters. The molecule has 0 aliphatic rings. The molecule has 1 aromatic heterocycles. The average Bonchev–Trinajstić information content (AvgIpc) is 2.47. The minimum atomic E-state index is -0.381. The lowest BCUT2D eigenvalue weighted by molar-refractivity contribution is -0.114. The van der Waals surface area contributed by atoms with E-state index in [4.69, 9.17) is 17.3 Å². The maximum Gasteiger partial charge on any atom is 0.238 e. The van der Waals surface area contributed by atoms with Gasteiger partial charge in [0.1, 0.15) is 0 Å². The Labute approximate surface area is 127 Å². The van der Waals surface area contributed by atoms with Crippen LogP contribution in [0.15, 0.2) is 36.5 Å². The highest BCUT2D eigenvalue weighted by Crippen LogP contribution is 2.23. The monoisotopic (exact) mass is 303 g/mol. The standard InChI is InChI=1S/C15H14ClN3O2/c1-9-6-13(19-14(20)7-17)11(8-18-9)15(21)10-4-2-3-5-12(10)16/h2-6,8H,7,17H2,1H3,(H,18,19,20). The molecule has 1 heterocycles. The van der Waals surface area contributed by atoms with Gasteiger partial charge in [0.2, 0.25) is 5.91 Å². The van der Waals surface area contributed by atoms with Gasteiger partial charge in [-0.15, -0.1) is 0 Å². The number of nitrogens with two attached hydrogens (primary N) is 1. The summed E-state index contributed by atoms with van der Waals surface area (Å²) in [7, 11) is 0. The van der Waals surface area contributed by atoms with E-state index in [2.05, 4.69) is 10.3 Å². The number of benzene rings is 1. The Kier molecular flexibility index (Phi) is 4.67. The summed E-state index contributed by atoms with van der Waals surface area (Å²) < 4.78 is 0. The molecule has 0 radical (unpaired) electrons. The third-order valence-electron chi connectivity index (χ3n) is 2.86. The summed E-state index contributed by atoms with van der Waals surface area (Å²) in [5.41, 5.74) is 6.97. The fourth-order valence-corrected chi connectivity index (χ4v) is 2.06. The largest absolute Gasteiger partial charge is 0.324 e. The highest BCUT2D eigenvalue weighted by atomic mass is 35.5. The van der Waals surface area contributed by atoms with Gasteiger partial charge in [-0.25, -0.2) is 0 Å². The van der Waals surface area contributed by atoms with Crippen LogP contribution in [-0.2, 0) is 4.79 Å². The van der Waals surface area contributed by atoms with E-state index in [1.165, 1.54) is 6.20 Å². The van der Waals surface area contributed by atoms with Gasteiger partial charge in [-0.05, 0) is 25.1 Å². The summed E-state index contributed by atoms with van der Waals surface area (Å²) in [6.07, 6.45) is 1.42. The highest BCUT2D eigenvalue weighted by Gasteiger charge is 2.18. The number of ketones is 1. The zero-order valence-corrected chi connectivity index (χ0v) is 12.1. The molecular weight excluding hydrogens is 290 g/mol. The minimum absolute atomic E-state index is 0.166. The molecule has 5 nitrogen and oxygen atoms in total. The number of rotatable bonds is 4. The van der Waals surface area contributed by atoms with E-state index in [1.807, 2.05) is 0 Å². The molecule has 0 aliphatic carbocycles. The van der Waals surface area contributed by atoms with Crippen molar-refractivity contribution < 1.29 is 9.59 Å². The quantitative estimate of drug-likeness (QED) is 0.848. The van der Waals surface area contributed by atoms with E-state index in [0.717, 1.165) is 0 Å². The van der Waals surface area contributed by atoms with Crippen LogP contribution in [-0.4, -0.2) is 23.2 Å². The van der Waals surface area contributed by atoms with Crippen LogP contribution in [0.1, 0.15) is 21.6 Å². The normalized spacial score (nSPS) is 10.2. The number of carbonyl (C=O) groups is 2. The van der Waals surface area contributed by atoms with Crippen LogP contribution in [0.2, 0.25) is 5.02 Å². The lowest BCUT2D eigenvalue weighted by Crippen LogP contribution is -2.23. The second-order valence-corrected chi connectivity index (χ2v) is 4.84. The van der Waals surface area contributed by atoms with Crippen LogP contribution in [0.5, 0.6) is 0 Å². The molecule has 108 valence electrons. The Hall–Kier alpha value is -2.24. The second kappa shape index (κ2) is 6.47. The molecule has 2 rings (SSSR count). The Morgan fingerprint density at radius 3 is 2.67 bits per heavy atom. The Morgan fingerprint density at radius 2 is 2.00 bits per heavy atom. The van der Waals surface area contributed by atoms with Gasteiger partial charge in [-0.2, -0.15) is 0 Å². The van der Waals surface area contributed by atoms with Crippen molar-refractivity contribution in [3.8, 4) is 0 Å². The number of aryl methyl sites for hydroxylation is 1. The minimum Gasteiger partial charge on any atom is -0.324 e. The summed E-state index contributed by atoms with van der Waals surface area (Å²) in [4.78, 5) is 28.1. The zero-order chi connectivity index (χ0) is 15.4. The van der Waals surface area contributed by atoms with Gasteiger partial charge in [0.15, 0.2) is 5.78 Å². The van der Waals surface area contributed by atoms with Crippen molar-refractivity contribution in [1.29, 1.82) is 0 Å². The number of anilines is 1. The van der Waals surface area contributed by atoms with Crippen molar-refractivity contribution in [2.45, 2.75) is 6.92 Å². The van der Waals surface area contributed by atoms with E-state index in [1.54, 1.807) is 37.3 Å².